The Hall–Kier alpha value is -3.63. The molecule has 2 N–H and O–H groups in total. The Morgan fingerprint density at radius 2 is 1.72 bits per heavy atom. The Balaban J connectivity index is 1.63. The molecular weight excluding hydrogens is 396 g/mol. The molecule has 4 nitrogen and oxygen atoms in total. The normalized spacial score (nSPS) is 12.0. The summed E-state index contributed by atoms with van der Waals surface area (Å²) < 4.78 is 1.91. The van der Waals surface area contributed by atoms with Gasteiger partial charge in [0.15, 0.2) is 0 Å². The topological polar surface area (TPSA) is 54.3 Å². The molecule has 0 spiro atoms. The number of carboxylic acid groups (broad SMARTS) is 1. The van der Waals surface area contributed by atoms with Crippen molar-refractivity contribution in [1.29, 1.82) is 0 Å². The van der Waals surface area contributed by atoms with Crippen molar-refractivity contribution in [3.8, 4) is 0 Å². The van der Waals surface area contributed by atoms with Gasteiger partial charge < -0.3 is 15.0 Å². The maximum absolute atomic E-state index is 12.4. The lowest BCUT2D eigenvalue weighted by Gasteiger charge is -2.14. The van der Waals surface area contributed by atoms with Crippen LogP contribution in [0.15, 0.2) is 85.4 Å². The minimum Gasteiger partial charge on any atom is -0.477 e. The van der Waals surface area contributed by atoms with Crippen LogP contribution in [0.4, 0.5) is 0 Å². The summed E-state index contributed by atoms with van der Waals surface area (Å²) in [7, 11) is 0. The Bertz CT molecular complexity index is 1220. The molecular formula is C28H28N2O2. The number of benzene rings is 3. The lowest BCUT2D eigenvalue weighted by Crippen LogP contribution is -2.21. The summed E-state index contributed by atoms with van der Waals surface area (Å²) in [5.74, 6) is -0.571. The molecule has 1 aromatic heterocycles. The van der Waals surface area contributed by atoms with E-state index < -0.39 is 5.97 Å². The van der Waals surface area contributed by atoms with Crippen LogP contribution in [0.3, 0.4) is 0 Å². The third kappa shape index (κ3) is 4.51. The van der Waals surface area contributed by atoms with Gasteiger partial charge in [-0.1, -0.05) is 92.4 Å². The van der Waals surface area contributed by atoms with E-state index >= 15 is 0 Å². The Morgan fingerprint density at radius 3 is 2.41 bits per heavy atom. The fraction of sp³-hybridized carbons (Fsp3) is 0.179. The zero-order valence-corrected chi connectivity index (χ0v) is 18.3. The lowest BCUT2D eigenvalue weighted by atomic mass is 10.0. The third-order valence-electron chi connectivity index (χ3n) is 5.96. The molecule has 0 bridgehead atoms. The van der Waals surface area contributed by atoms with E-state index in [1.807, 2.05) is 71.3 Å². The van der Waals surface area contributed by atoms with Gasteiger partial charge in [-0.25, -0.2) is 4.79 Å². The number of aromatic nitrogens is 1. The van der Waals surface area contributed by atoms with Crippen molar-refractivity contribution in [2.45, 2.75) is 25.9 Å². The minimum atomic E-state index is -0.906. The summed E-state index contributed by atoms with van der Waals surface area (Å²) >= 11 is 0. The Morgan fingerprint density at radius 1 is 1.03 bits per heavy atom. The number of para-hydroxylation sites is 1. The summed E-state index contributed by atoms with van der Waals surface area (Å²) in [6.07, 6.45) is 1.80. The second-order valence-electron chi connectivity index (χ2n) is 8.12. The molecule has 0 radical (unpaired) electrons. The van der Waals surface area contributed by atoms with E-state index in [-0.39, 0.29) is 0 Å². The number of nitrogens with one attached hydrogen (secondary N) is 1. The first-order valence-electron chi connectivity index (χ1n) is 10.9. The molecule has 0 saturated carbocycles. The van der Waals surface area contributed by atoms with E-state index in [0.717, 1.165) is 34.1 Å². The van der Waals surface area contributed by atoms with Crippen LogP contribution in [0.1, 0.15) is 45.6 Å². The third-order valence-corrected chi connectivity index (χ3v) is 5.96. The molecule has 4 rings (SSSR count). The molecule has 4 heteroatoms. The second kappa shape index (κ2) is 9.67. The van der Waals surface area contributed by atoms with Gasteiger partial charge in [0.2, 0.25) is 0 Å². The highest BCUT2D eigenvalue weighted by Crippen LogP contribution is 2.28. The molecule has 0 aliphatic carbocycles. The second-order valence-corrected chi connectivity index (χ2v) is 8.12. The van der Waals surface area contributed by atoms with Crippen molar-refractivity contribution in [3.63, 3.8) is 0 Å². The van der Waals surface area contributed by atoms with Crippen molar-refractivity contribution in [1.82, 2.24) is 9.88 Å². The number of hydrogen-bond acceptors (Lipinski definition) is 2. The highest BCUT2D eigenvalue weighted by Gasteiger charge is 2.22. The number of nitrogens with zero attached hydrogens (tertiary/aromatic N) is 1. The van der Waals surface area contributed by atoms with Gasteiger partial charge in [-0.3, -0.25) is 0 Å². The van der Waals surface area contributed by atoms with Gasteiger partial charge >= 0.3 is 5.97 Å². The summed E-state index contributed by atoms with van der Waals surface area (Å²) in [6, 6.07) is 26.3. The number of aromatic carboxylic acids is 1. The van der Waals surface area contributed by atoms with Gasteiger partial charge in [-0.15, -0.1) is 0 Å². The predicted molar refractivity (Wildman–Crippen MR) is 131 cm³/mol. The van der Waals surface area contributed by atoms with Crippen LogP contribution in [-0.2, 0) is 13.1 Å². The molecule has 0 saturated heterocycles. The number of hydrogen-bond donors (Lipinski definition) is 2. The monoisotopic (exact) mass is 424 g/mol. The number of rotatable bonds is 9. The standard InChI is InChI=1S/C28H28N2O2/c1-3-21-13-15-22(16-14-21)19-30-26-12-8-7-11-24(26)25(27(30)28(31)32)18-29-17-20(2)23-9-5-4-6-10-23/h3-16,20,29H,1,17-19H2,2H3,(H,31,32). The lowest BCUT2D eigenvalue weighted by molar-refractivity contribution is 0.0685. The van der Waals surface area contributed by atoms with Gasteiger partial charge in [0, 0.05) is 36.1 Å². The maximum atomic E-state index is 12.4. The first-order chi connectivity index (χ1) is 15.6. The van der Waals surface area contributed by atoms with Crippen molar-refractivity contribution < 1.29 is 9.90 Å². The summed E-state index contributed by atoms with van der Waals surface area (Å²) in [5.41, 5.74) is 5.47. The molecule has 1 atom stereocenters. The predicted octanol–water partition coefficient (Wildman–Crippen LogP) is 5.92. The van der Waals surface area contributed by atoms with Crippen molar-refractivity contribution >= 4 is 22.9 Å². The molecule has 3 aromatic carbocycles. The quantitative estimate of drug-likeness (QED) is 0.350. The van der Waals surface area contributed by atoms with Crippen LogP contribution in [0, 0.1) is 0 Å². The number of carbonyl (C=O) groups is 1. The van der Waals surface area contributed by atoms with Gasteiger partial charge in [0.05, 0.1) is 0 Å². The van der Waals surface area contributed by atoms with Gasteiger partial charge in [0.25, 0.3) is 0 Å². The fourth-order valence-corrected chi connectivity index (χ4v) is 4.22. The molecule has 1 heterocycles. The van der Waals surface area contributed by atoms with Crippen molar-refractivity contribution in [2.75, 3.05) is 6.54 Å². The first kappa shape index (κ1) is 21.6. The van der Waals surface area contributed by atoms with E-state index in [1.54, 1.807) is 6.08 Å². The van der Waals surface area contributed by atoms with Gasteiger partial charge in [0.1, 0.15) is 5.69 Å². The van der Waals surface area contributed by atoms with E-state index in [4.69, 9.17) is 0 Å². The largest absolute Gasteiger partial charge is 0.477 e. The van der Waals surface area contributed by atoms with Crippen molar-refractivity contribution in [2.24, 2.45) is 0 Å². The molecule has 0 amide bonds. The van der Waals surface area contributed by atoms with Crippen LogP contribution >= 0.6 is 0 Å². The Kier molecular flexibility index (Phi) is 6.52. The van der Waals surface area contributed by atoms with Gasteiger partial charge in [-0.05, 0) is 28.7 Å². The zero-order chi connectivity index (χ0) is 22.5. The Labute approximate surface area is 188 Å². The summed E-state index contributed by atoms with van der Waals surface area (Å²) in [6.45, 7) is 7.74. The van der Waals surface area contributed by atoms with E-state index in [0.29, 0.717) is 24.7 Å². The van der Waals surface area contributed by atoms with Gasteiger partial charge in [-0.2, -0.15) is 0 Å². The van der Waals surface area contributed by atoms with Crippen LogP contribution in [-0.4, -0.2) is 22.2 Å². The SMILES string of the molecule is C=Cc1ccc(Cn2c(C(=O)O)c(CNCC(C)c3ccccc3)c3ccccc32)cc1. The molecule has 4 aromatic rings. The van der Waals surface area contributed by atoms with Crippen LogP contribution in [0.5, 0.6) is 0 Å². The molecule has 1 unspecified atom stereocenters. The van der Waals surface area contributed by atoms with E-state index in [9.17, 15) is 9.90 Å². The minimum absolute atomic E-state index is 0.334. The number of fused-ring (bicyclic) bond motifs is 1. The highest BCUT2D eigenvalue weighted by molar-refractivity contribution is 5.98. The molecule has 162 valence electrons. The average Bonchev–Trinajstić information content (AvgIpc) is 3.13. The smallest absolute Gasteiger partial charge is 0.352 e. The zero-order valence-electron chi connectivity index (χ0n) is 18.3. The fourth-order valence-electron chi connectivity index (χ4n) is 4.22. The maximum Gasteiger partial charge on any atom is 0.352 e. The number of carboxylic acids is 1. The average molecular weight is 425 g/mol. The van der Waals surface area contributed by atoms with Crippen LogP contribution < -0.4 is 5.32 Å². The highest BCUT2D eigenvalue weighted by atomic mass is 16.4. The van der Waals surface area contributed by atoms with E-state index in [2.05, 4.69) is 31.0 Å². The van der Waals surface area contributed by atoms with Crippen LogP contribution in [0.25, 0.3) is 17.0 Å². The van der Waals surface area contributed by atoms with Crippen LogP contribution in [0.2, 0.25) is 0 Å². The summed E-state index contributed by atoms with van der Waals surface area (Å²) in [4.78, 5) is 12.4. The molecule has 0 aliphatic rings. The van der Waals surface area contributed by atoms with E-state index in [1.165, 1.54) is 5.56 Å². The molecule has 0 aliphatic heterocycles. The first-order valence-corrected chi connectivity index (χ1v) is 10.9. The molecule has 0 fully saturated rings. The van der Waals surface area contributed by atoms with Crippen molar-refractivity contribution in [3.05, 3.63) is 113 Å². The molecule has 32 heavy (non-hydrogen) atoms. The summed E-state index contributed by atoms with van der Waals surface area (Å²) in [5, 5.41) is 14.6.